The second-order valence-electron chi connectivity index (χ2n) is 3.73. The lowest BCUT2D eigenvalue weighted by molar-refractivity contribution is 0.101. The Morgan fingerprint density at radius 3 is 2.78 bits per heavy atom. The summed E-state index contributed by atoms with van der Waals surface area (Å²) in [5.41, 5.74) is 1.26. The Morgan fingerprint density at radius 1 is 1.44 bits per heavy atom. The molecule has 94 valence electrons. The molecule has 0 saturated carbocycles. The first-order chi connectivity index (χ1) is 8.47. The summed E-state index contributed by atoms with van der Waals surface area (Å²) in [4.78, 5) is 12.1. The molecule has 1 N–H and O–H groups in total. The second-order valence-corrected chi connectivity index (χ2v) is 6.27. The molecule has 0 atom stereocenters. The Hall–Kier alpha value is -0.530. The van der Waals surface area contributed by atoms with E-state index in [-0.39, 0.29) is 5.91 Å². The number of aromatic nitrogens is 1. The molecule has 18 heavy (non-hydrogen) atoms. The lowest BCUT2D eigenvalue weighted by Gasteiger charge is -2.08. The van der Waals surface area contributed by atoms with Crippen molar-refractivity contribution in [3.05, 3.63) is 49.2 Å². The molecule has 3 nitrogen and oxygen atoms in total. The van der Waals surface area contributed by atoms with Gasteiger partial charge in [0.2, 0.25) is 0 Å². The van der Waals surface area contributed by atoms with Crippen LogP contribution in [0.25, 0.3) is 0 Å². The lowest BCUT2D eigenvalue weighted by atomic mass is 10.3. The van der Waals surface area contributed by atoms with E-state index in [1.807, 2.05) is 18.2 Å². The van der Waals surface area contributed by atoms with Crippen LogP contribution in [-0.4, -0.2) is 10.5 Å². The minimum atomic E-state index is -0.188. The third-order valence-electron chi connectivity index (χ3n) is 2.38. The van der Waals surface area contributed by atoms with Crippen molar-refractivity contribution in [3.63, 3.8) is 0 Å². The summed E-state index contributed by atoms with van der Waals surface area (Å²) in [5, 5.41) is 3.40. The second kappa shape index (κ2) is 5.63. The zero-order chi connectivity index (χ0) is 13.3. The van der Waals surface area contributed by atoms with Crippen LogP contribution in [0, 0.1) is 3.57 Å². The van der Waals surface area contributed by atoms with Gasteiger partial charge in [-0.1, -0.05) is 11.6 Å². The Bertz CT molecular complexity index is 612. The van der Waals surface area contributed by atoms with Gasteiger partial charge < -0.3 is 9.88 Å². The average molecular weight is 439 g/mol. The first-order valence-corrected chi connectivity index (χ1v) is 7.30. The first kappa shape index (κ1) is 13.9. The molecule has 0 aliphatic heterocycles. The third-order valence-corrected chi connectivity index (χ3v) is 3.95. The number of rotatable bonds is 2. The summed E-state index contributed by atoms with van der Waals surface area (Å²) in [5.74, 6) is -0.188. The third kappa shape index (κ3) is 3.07. The number of nitrogens with zero attached hydrogens (tertiary/aromatic N) is 1. The van der Waals surface area contributed by atoms with Crippen molar-refractivity contribution >= 4 is 61.7 Å². The van der Waals surface area contributed by atoms with Gasteiger partial charge in [-0.15, -0.1) is 0 Å². The molecule has 0 aliphatic carbocycles. The fourth-order valence-electron chi connectivity index (χ4n) is 1.53. The largest absolute Gasteiger partial charge is 0.345 e. The number of benzene rings is 1. The fourth-order valence-corrected chi connectivity index (χ4v) is 2.62. The van der Waals surface area contributed by atoms with E-state index in [0.29, 0.717) is 10.7 Å². The maximum Gasteiger partial charge on any atom is 0.272 e. The number of aryl methyl sites for hydroxylation is 1. The molecular formula is C12H9BrClIN2O. The lowest BCUT2D eigenvalue weighted by Crippen LogP contribution is -2.15. The highest BCUT2D eigenvalue weighted by Gasteiger charge is 2.12. The molecule has 1 amide bonds. The minimum Gasteiger partial charge on any atom is -0.345 e. The Labute approximate surface area is 132 Å². The van der Waals surface area contributed by atoms with Crippen molar-refractivity contribution in [2.45, 2.75) is 0 Å². The summed E-state index contributed by atoms with van der Waals surface area (Å²) in [6, 6.07) is 7.39. The van der Waals surface area contributed by atoms with Crippen molar-refractivity contribution in [1.82, 2.24) is 4.57 Å². The Balaban J connectivity index is 2.26. The first-order valence-electron chi connectivity index (χ1n) is 5.05. The van der Waals surface area contributed by atoms with Gasteiger partial charge in [0.05, 0.1) is 10.7 Å². The van der Waals surface area contributed by atoms with Crippen molar-refractivity contribution in [2.75, 3.05) is 5.32 Å². The van der Waals surface area contributed by atoms with E-state index in [4.69, 9.17) is 11.6 Å². The van der Waals surface area contributed by atoms with E-state index in [9.17, 15) is 4.79 Å². The summed E-state index contributed by atoms with van der Waals surface area (Å²) < 4.78 is 3.59. The van der Waals surface area contributed by atoms with E-state index in [1.165, 1.54) is 0 Å². The van der Waals surface area contributed by atoms with Crippen LogP contribution < -0.4 is 5.32 Å². The smallest absolute Gasteiger partial charge is 0.272 e. The van der Waals surface area contributed by atoms with Crippen LogP contribution in [-0.2, 0) is 7.05 Å². The standard InChI is InChI=1S/C12H9BrClIN2O/c1-17-6-7(14)4-11(17)12(18)16-10-5-8(15)2-3-9(10)13/h2-6H,1H3,(H,16,18). The van der Waals surface area contributed by atoms with Crippen molar-refractivity contribution in [2.24, 2.45) is 7.05 Å². The Kier molecular flexibility index (Phi) is 4.34. The molecule has 1 aromatic heterocycles. The predicted octanol–water partition coefficient (Wildman–Crippen LogP) is 4.30. The number of anilines is 1. The number of hydrogen-bond donors (Lipinski definition) is 1. The molecule has 0 saturated heterocycles. The van der Waals surface area contributed by atoms with E-state index >= 15 is 0 Å². The fraction of sp³-hybridized carbons (Fsp3) is 0.0833. The highest BCUT2D eigenvalue weighted by molar-refractivity contribution is 14.1. The van der Waals surface area contributed by atoms with Gasteiger partial charge in [-0.3, -0.25) is 4.79 Å². The number of halogens is 3. The summed E-state index contributed by atoms with van der Waals surface area (Å²) in [7, 11) is 1.78. The molecule has 0 spiro atoms. The van der Waals surface area contributed by atoms with E-state index < -0.39 is 0 Å². The Morgan fingerprint density at radius 2 is 2.17 bits per heavy atom. The SMILES string of the molecule is Cn1cc(Cl)cc1C(=O)Nc1cc(I)ccc1Br. The highest BCUT2D eigenvalue weighted by atomic mass is 127. The molecule has 2 rings (SSSR count). The van der Waals surface area contributed by atoms with Crippen LogP contribution >= 0.6 is 50.1 Å². The van der Waals surface area contributed by atoms with Crippen LogP contribution in [0.1, 0.15) is 10.5 Å². The van der Waals surface area contributed by atoms with Gasteiger partial charge in [0, 0.05) is 21.3 Å². The average Bonchev–Trinajstić information content (AvgIpc) is 2.63. The van der Waals surface area contributed by atoms with Crippen molar-refractivity contribution in [3.8, 4) is 0 Å². The zero-order valence-electron chi connectivity index (χ0n) is 9.38. The predicted molar refractivity (Wildman–Crippen MR) is 85.2 cm³/mol. The number of carbonyl (C=O) groups is 1. The number of amides is 1. The molecule has 1 heterocycles. The van der Waals surface area contributed by atoms with Gasteiger partial charge >= 0.3 is 0 Å². The summed E-state index contributed by atoms with van der Waals surface area (Å²) in [6.07, 6.45) is 1.69. The van der Waals surface area contributed by atoms with Gasteiger partial charge in [0.1, 0.15) is 5.69 Å². The van der Waals surface area contributed by atoms with Crippen molar-refractivity contribution < 1.29 is 4.79 Å². The summed E-state index contributed by atoms with van der Waals surface area (Å²) >= 11 is 11.5. The van der Waals surface area contributed by atoms with Crippen LogP contribution in [0.15, 0.2) is 34.9 Å². The molecule has 2 aromatic rings. The van der Waals surface area contributed by atoms with E-state index in [1.54, 1.807) is 23.9 Å². The number of nitrogens with one attached hydrogen (secondary N) is 1. The van der Waals surface area contributed by atoms with Gasteiger partial charge in [0.25, 0.3) is 5.91 Å². The summed E-state index contributed by atoms with van der Waals surface area (Å²) in [6.45, 7) is 0. The molecule has 1 aromatic carbocycles. The highest BCUT2D eigenvalue weighted by Crippen LogP contribution is 2.25. The monoisotopic (exact) mass is 438 g/mol. The van der Waals surface area contributed by atoms with Gasteiger partial charge in [0.15, 0.2) is 0 Å². The quantitative estimate of drug-likeness (QED) is 0.696. The molecule has 0 bridgehead atoms. The number of carbonyl (C=O) groups excluding carboxylic acids is 1. The van der Waals surface area contributed by atoms with Crippen LogP contribution in [0.4, 0.5) is 5.69 Å². The van der Waals surface area contributed by atoms with Gasteiger partial charge in [-0.25, -0.2) is 0 Å². The van der Waals surface area contributed by atoms with Gasteiger partial charge in [-0.2, -0.15) is 0 Å². The topological polar surface area (TPSA) is 34.0 Å². The van der Waals surface area contributed by atoms with E-state index in [2.05, 4.69) is 43.8 Å². The van der Waals surface area contributed by atoms with Gasteiger partial charge in [-0.05, 0) is 62.8 Å². The minimum absolute atomic E-state index is 0.188. The molecule has 0 fully saturated rings. The van der Waals surface area contributed by atoms with Crippen LogP contribution in [0.2, 0.25) is 5.02 Å². The normalized spacial score (nSPS) is 10.4. The maximum absolute atomic E-state index is 12.1. The van der Waals surface area contributed by atoms with Crippen molar-refractivity contribution in [1.29, 1.82) is 0 Å². The molecule has 0 unspecified atom stereocenters. The molecular weight excluding hydrogens is 430 g/mol. The van der Waals surface area contributed by atoms with Crippen LogP contribution in [0.3, 0.4) is 0 Å². The zero-order valence-corrected chi connectivity index (χ0v) is 13.9. The maximum atomic E-state index is 12.1. The van der Waals surface area contributed by atoms with Crippen LogP contribution in [0.5, 0.6) is 0 Å². The molecule has 6 heteroatoms. The number of hydrogen-bond acceptors (Lipinski definition) is 1. The van der Waals surface area contributed by atoms with E-state index in [0.717, 1.165) is 13.7 Å². The molecule has 0 aliphatic rings. The molecule has 0 radical (unpaired) electrons.